The summed E-state index contributed by atoms with van der Waals surface area (Å²) in [5, 5.41) is 11.4. The summed E-state index contributed by atoms with van der Waals surface area (Å²) in [6, 6.07) is 11.2. The first-order valence-electron chi connectivity index (χ1n) is 10.1. The van der Waals surface area contributed by atoms with E-state index in [0.29, 0.717) is 23.6 Å². The number of nitrogens with zero attached hydrogens (tertiary/aromatic N) is 2. The highest BCUT2D eigenvalue weighted by molar-refractivity contribution is 7.16. The zero-order valence-corrected chi connectivity index (χ0v) is 18.6. The fraction of sp³-hybridized carbons (Fsp3) is 0.208. The van der Waals surface area contributed by atoms with E-state index in [-0.39, 0.29) is 22.0 Å². The minimum atomic E-state index is -1.15. The molecule has 0 spiro atoms. The van der Waals surface area contributed by atoms with E-state index in [0.717, 1.165) is 4.88 Å². The molecule has 1 aliphatic heterocycles. The van der Waals surface area contributed by atoms with Crippen molar-refractivity contribution in [2.75, 3.05) is 11.5 Å². The van der Waals surface area contributed by atoms with Gasteiger partial charge in [0.05, 0.1) is 17.9 Å². The molecule has 8 heteroatoms. The van der Waals surface area contributed by atoms with Crippen molar-refractivity contribution in [2.45, 2.75) is 26.8 Å². The number of aliphatic hydroxyl groups is 1. The lowest BCUT2D eigenvalue weighted by atomic mass is 9.95. The Morgan fingerprint density at radius 2 is 1.84 bits per heavy atom. The average Bonchev–Trinajstić information content (AvgIpc) is 3.24. The third kappa shape index (κ3) is 3.67. The summed E-state index contributed by atoms with van der Waals surface area (Å²) in [6.07, 6.45) is 0. The molecule has 1 aromatic heterocycles. The Balaban J connectivity index is 1.91. The van der Waals surface area contributed by atoms with Gasteiger partial charge in [-0.2, -0.15) is 0 Å². The second-order valence-corrected chi connectivity index (χ2v) is 8.47. The van der Waals surface area contributed by atoms with Gasteiger partial charge in [0.1, 0.15) is 23.4 Å². The zero-order chi connectivity index (χ0) is 23.0. The Bertz CT molecular complexity index is 1210. The van der Waals surface area contributed by atoms with Gasteiger partial charge in [0, 0.05) is 16.0 Å². The molecule has 1 aliphatic rings. The van der Waals surface area contributed by atoms with Gasteiger partial charge in [-0.15, -0.1) is 11.3 Å². The number of aryl methyl sites for hydroxylation is 2. The van der Waals surface area contributed by atoms with Crippen LogP contribution in [0.15, 0.2) is 54.1 Å². The van der Waals surface area contributed by atoms with Crippen LogP contribution in [0.3, 0.4) is 0 Å². The molecule has 0 bridgehead atoms. The van der Waals surface area contributed by atoms with Gasteiger partial charge in [-0.1, -0.05) is 18.2 Å². The summed E-state index contributed by atoms with van der Waals surface area (Å²) < 4.78 is 20.3. The van der Waals surface area contributed by atoms with Crippen LogP contribution in [0, 0.1) is 19.7 Å². The molecule has 0 aliphatic carbocycles. The minimum absolute atomic E-state index is 0.102. The van der Waals surface area contributed by atoms with Crippen LogP contribution in [0.25, 0.3) is 5.76 Å². The molecule has 0 saturated carbocycles. The van der Waals surface area contributed by atoms with Crippen molar-refractivity contribution in [3.63, 3.8) is 0 Å². The number of benzene rings is 2. The molecular weight excluding hydrogens is 431 g/mol. The number of carbonyl (C=O) groups is 2. The Hall–Kier alpha value is -3.52. The van der Waals surface area contributed by atoms with E-state index >= 15 is 0 Å². The van der Waals surface area contributed by atoms with Gasteiger partial charge in [0.15, 0.2) is 5.13 Å². The molecular formula is C24H21FN2O4S. The second kappa shape index (κ2) is 8.55. The summed E-state index contributed by atoms with van der Waals surface area (Å²) in [7, 11) is 0. The van der Waals surface area contributed by atoms with Gasteiger partial charge in [-0.25, -0.2) is 9.37 Å². The molecule has 164 valence electrons. The number of halogens is 1. The third-order valence-corrected chi connectivity index (χ3v) is 6.38. The Morgan fingerprint density at radius 1 is 1.16 bits per heavy atom. The van der Waals surface area contributed by atoms with E-state index in [1.165, 1.54) is 34.4 Å². The molecule has 1 atom stereocenters. The zero-order valence-electron chi connectivity index (χ0n) is 17.8. The smallest absolute Gasteiger partial charge is 0.301 e. The first kappa shape index (κ1) is 21.7. The Kier molecular flexibility index (Phi) is 5.80. The maximum Gasteiger partial charge on any atom is 0.301 e. The van der Waals surface area contributed by atoms with E-state index in [4.69, 9.17) is 4.74 Å². The number of Topliss-reactive ketones (excluding diaryl/α,β-unsaturated/α-hetero) is 1. The highest BCUT2D eigenvalue weighted by Crippen LogP contribution is 2.44. The predicted molar refractivity (Wildman–Crippen MR) is 120 cm³/mol. The van der Waals surface area contributed by atoms with Crippen molar-refractivity contribution in [3.05, 3.63) is 81.6 Å². The number of amides is 1. The molecule has 2 heterocycles. The van der Waals surface area contributed by atoms with Gasteiger partial charge in [0.25, 0.3) is 5.78 Å². The average molecular weight is 453 g/mol. The monoisotopic (exact) mass is 452 g/mol. The molecule has 3 aromatic rings. The van der Waals surface area contributed by atoms with Crippen LogP contribution < -0.4 is 9.64 Å². The van der Waals surface area contributed by atoms with Crippen LogP contribution in [-0.2, 0) is 9.59 Å². The van der Waals surface area contributed by atoms with E-state index in [1.54, 1.807) is 37.3 Å². The van der Waals surface area contributed by atoms with Crippen molar-refractivity contribution in [1.29, 1.82) is 0 Å². The molecule has 1 saturated heterocycles. The number of hydrogen-bond acceptors (Lipinski definition) is 6. The van der Waals surface area contributed by atoms with Gasteiger partial charge >= 0.3 is 5.91 Å². The summed E-state index contributed by atoms with van der Waals surface area (Å²) in [4.78, 5) is 32.6. The Morgan fingerprint density at radius 3 is 2.44 bits per heavy atom. The highest BCUT2D eigenvalue weighted by atomic mass is 32.1. The predicted octanol–water partition coefficient (Wildman–Crippen LogP) is 4.92. The van der Waals surface area contributed by atoms with Crippen LogP contribution in [0.1, 0.15) is 34.7 Å². The van der Waals surface area contributed by atoms with Crippen LogP contribution >= 0.6 is 11.3 Å². The number of rotatable bonds is 5. The first-order valence-corrected chi connectivity index (χ1v) is 10.9. The maximum absolute atomic E-state index is 14.9. The van der Waals surface area contributed by atoms with Crippen molar-refractivity contribution in [3.8, 4) is 5.75 Å². The second-order valence-electron chi connectivity index (χ2n) is 7.29. The summed E-state index contributed by atoms with van der Waals surface area (Å²) in [5.41, 5.74) is 0.949. The van der Waals surface area contributed by atoms with Crippen LogP contribution in [0.5, 0.6) is 5.75 Å². The normalized spacial score (nSPS) is 17.8. The number of ether oxygens (including phenoxy) is 1. The van der Waals surface area contributed by atoms with E-state index in [9.17, 15) is 19.1 Å². The molecule has 0 radical (unpaired) electrons. The van der Waals surface area contributed by atoms with Crippen LogP contribution in [0.4, 0.5) is 9.52 Å². The number of aromatic nitrogens is 1. The van der Waals surface area contributed by atoms with Crippen LogP contribution in [-0.4, -0.2) is 28.4 Å². The summed E-state index contributed by atoms with van der Waals surface area (Å²) in [5.74, 6) is -2.13. The molecule has 6 nitrogen and oxygen atoms in total. The van der Waals surface area contributed by atoms with Crippen LogP contribution in [0.2, 0.25) is 0 Å². The summed E-state index contributed by atoms with van der Waals surface area (Å²) in [6.45, 7) is 5.98. The molecule has 1 N–H and O–H groups in total. The summed E-state index contributed by atoms with van der Waals surface area (Å²) >= 11 is 1.24. The molecule has 32 heavy (non-hydrogen) atoms. The van der Waals surface area contributed by atoms with Crippen molar-refractivity contribution in [2.24, 2.45) is 0 Å². The number of thiazole rings is 1. The van der Waals surface area contributed by atoms with Gasteiger partial charge in [0.2, 0.25) is 0 Å². The molecule has 4 rings (SSSR count). The SMILES string of the molecule is CCOc1ccc(C(O)=C2C(=O)C(=O)N(c3nc(C)c(C)s3)[C@H]2c2ccccc2F)cc1. The quantitative estimate of drug-likeness (QED) is 0.338. The number of aliphatic hydroxyl groups excluding tert-OH is 1. The topological polar surface area (TPSA) is 79.7 Å². The lowest BCUT2D eigenvalue weighted by Gasteiger charge is -2.23. The highest BCUT2D eigenvalue weighted by Gasteiger charge is 2.49. The number of carbonyl (C=O) groups excluding carboxylic acids is 2. The number of ketones is 1. The number of anilines is 1. The molecule has 1 fully saturated rings. The van der Waals surface area contributed by atoms with E-state index in [1.807, 2.05) is 13.8 Å². The maximum atomic E-state index is 14.9. The van der Waals surface area contributed by atoms with Gasteiger partial charge in [-0.05, 0) is 51.1 Å². The van der Waals surface area contributed by atoms with Gasteiger partial charge in [-0.3, -0.25) is 14.5 Å². The third-order valence-electron chi connectivity index (χ3n) is 5.31. The number of hydrogen-bond donors (Lipinski definition) is 1. The fourth-order valence-corrected chi connectivity index (χ4v) is 4.55. The van der Waals surface area contributed by atoms with Gasteiger partial charge < -0.3 is 9.84 Å². The fourth-order valence-electron chi connectivity index (χ4n) is 3.61. The molecule has 2 aromatic carbocycles. The van der Waals surface area contributed by atoms with Crippen molar-refractivity contribution < 1.29 is 23.8 Å². The van der Waals surface area contributed by atoms with Crippen molar-refractivity contribution >= 4 is 33.9 Å². The largest absolute Gasteiger partial charge is 0.507 e. The van der Waals surface area contributed by atoms with E-state index in [2.05, 4.69) is 4.98 Å². The minimum Gasteiger partial charge on any atom is -0.507 e. The van der Waals surface area contributed by atoms with E-state index < -0.39 is 23.5 Å². The first-order chi connectivity index (χ1) is 15.3. The molecule has 0 unspecified atom stereocenters. The Labute approximate surface area is 188 Å². The lowest BCUT2D eigenvalue weighted by Crippen LogP contribution is -2.29. The van der Waals surface area contributed by atoms with Crippen molar-refractivity contribution in [1.82, 2.24) is 4.98 Å². The molecule has 1 amide bonds. The lowest BCUT2D eigenvalue weighted by molar-refractivity contribution is -0.132. The standard InChI is InChI=1S/C24H21FN2O4S/c1-4-31-16-11-9-15(10-12-16)21(28)19-20(17-7-5-6-8-18(17)25)27(23(30)22(19)29)24-26-13(2)14(3)32-24/h5-12,20,28H,4H2,1-3H3/t20-/m0/s1.